The Hall–Kier alpha value is -2.28. The molecule has 7 heteroatoms. The Morgan fingerprint density at radius 3 is 3.00 bits per heavy atom. The van der Waals surface area contributed by atoms with Crippen molar-refractivity contribution in [3.05, 3.63) is 29.6 Å². The molecule has 1 atom stereocenters. The minimum Gasteiger partial charge on any atom is -0.368 e. The number of carbonyl (C=O) groups is 3. The second kappa shape index (κ2) is 5.61. The van der Waals surface area contributed by atoms with E-state index in [0.29, 0.717) is 18.6 Å². The number of fused-ring (bicyclic) bond motifs is 1. The average molecular weight is 289 g/mol. The molecule has 1 aromatic heterocycles. The molecule has 1 fully saturated rings. The van der Waals surface area contributed by atoms with Gasteiger partial charge in [0.25, 0.3) is 11.8 Å². The summed E-state index contributed by atoms with van der Waals surface area (Å²) in [4.78, 5) is 40.9. The van der Waals surface area contributed by atoms with E-state index in [1.807, 2.05) is 0 Å². The van der Waals surface area contributed by atoms with Crippen molar-refractivity contribution in [2.45, 2.75) is 18.9 Å². The quantitative estimate of drug-likeness (QED) is 0.786. The summed E-state index contributed by atoms with van der Waals surface area (Å²) in [5, 5.41) is 2.69. The zero-order chi connectivity index (χ0) is 14.8. The Balaban J connectivity index is 1.56. The molecule has 0 aliphatic carbocycles. The third-order valence-electron chi connectivity index (χ3n) is 3.59. The van der Waals surface area contributed by atoms with Gasteiger partial charge < -0.3 is 10.1 Å². The molecule has 3 amide bonds. The smallest absolute Gasteiger partial charge is 0.280 e. The van der Waals surface area contributed by atoms with Crippen LogP contribution in [0.1, 0.15) is 33.7 Å². The minimum absolute atomic E-state index is 0.131. The highest BCUT2D eigenvalue weighted by atomic mass is 16.5. The Morgan fingerprint density at radius 2 is 2.29 bits per heavy atom. The van der Waals surface area contributed by atoms with Gasteiger partial charge in [-0.1, -0.05) is 0 Å². The van der Waals surface area contributed by atoms with E-state index in [4.69, 9.17) is 4.74 Å². The van der Waals surface area contributed by atoms with Crippen LogP contribution >= 0.6 is 0 Å². The molecule has 0 aromatic carbocycles. The molecule has 1 unspecified atom stereocenters. The molecule has 0 radical (unpaired) electrons. The lowest BCUT2D eigenvalue weighted by molar-refractivity contribution is -0.130. The first-order valence-corrected chi connectivity index (χ1v) is 6.89. The van der Waals surface area contributed by atoms with Crippen LogP contribution < -0.4 is 5.32 Å². The Morgan fingerprint density at radius 1 is 1.43 bits per heavy atom. The fraction of sp³-hybridized carbons (Fsp3) is 0.429. The largest absolute Gasteiger partial charge is 0.368 e. The number of hydrogen-bond donors (Lipinski definition) is 1. The van der Waals surface area contributed by atoms with E-state index in [0.717, 1.165) is 11.3 Å². The lowest BCUT2D eigenvalue weighted by Gasteiger charge is -2.15. The van der Waals surface area contributed by atoms with Gasteiger partial charge in [-0.15, -0.1) is 0 Å². The molecule has 0 bridgehead atoms. The summed E-state index contributed by atoms with van der Waals surface area (Å²) in [7, 11) is 0. The average Bonchev–Trinajstić information content (AvgIpc) is 3.11. The number of aromatic nitrogens is 1. The van der Waals surface area contributed by atoms with E-state index in [-0.39, 0.29) is 30.6 Å². The molecule has 0 spiro atoms. The second-order valence-electron chi connectivity index (χ2n) is 4.95. The van der Waals surface area contributed by atoms with Crippen molar-refractivity contribution in [1.29, 1.82) is 0 Å². The third kappa shape index (κ3) is 2.52. The van der Waals surface area contributed by atoms with Crippen LogP contribution in [0.5, 0.6) is 0 Å². The van der Waals surface area contributed by atoms with Gasteiger partial charge in [0.1, 0.15) is 11.8 Å². The van der Waals surface area contributed by atoms with Gasteiger partial charge in [0.15, 0.2) is 0 Å². The molecule has 1 saturated heterocycles. The van der Waals surface area contributed by atoms with E-state index in [1.165, 1.54) is 6.20 Å². The Bertz CT molecular complexity index is 561. The number of imide groups is 1. The van der Waals surface area contributed by atoms with Gasteiger partial charge in [-0.05, 0) is 25.0 Å². The molecule has 110 valence electrons. The summed E-state index contributed by atoms with van der Waals surface area (Å²) < 4.78 is 5.26. The maximum absolute atomic E-state index is 12.1. The lowest BCUT2D eigenvalue weighted by Crippen LogP contribution is -2.41. The first-order valence-electron chi connectivity index (χ1n) is 6.89. The van der Waals surface area contributed by atoms with Crippen LogP contribution in [0.3, 0.4) is 0 Å². The van der Waals surface area contributed by atoms with Crippen molar-refractivity contribution >= 4 is 17.7 Å². The molecule has 2 aliphatic rings. The van der Waals surface area contributed by atoms with E-state index < -0.39 is 12.0 Å². The van der Waals surface area contributed by atoms with Crippen LogP contribution in [0.15, 0.2) is 18.3 Å². The summed E-state index contributed by atoms with van der Waals surface area (Å²) in [5.41, 5.74) is 0.487. The van der Waals surface area contributed by atoms with Gasteiger partial charge in [-0.2, -0.15) is 0 Å². The molecule has 2 aliphatic heterocycles. The normalized spacial score (nSPS) is 20.8. The number of ether oxygens (including phenoxy) is 1. The van der Waals surface area contributed by atoms with Crippen LogP contribution in [0.25, 0.3) is 0 Å². The standard InChI is InChI=1S/C14H15N3O4/c18-12(10-4-2-8-21-10)16-6-7-17-13(19)9-3-1-5-15-11(9)14(17)20/h1,3,5,10H,2,4,6-8H2,(H,16,18). The second-order valence-corrected chi connectivity index (χ2v) is 4.95. The van der Waals surface area contributed by atoms with Crippen molar-refractivity contribution in [2.24, 2.45) is 0 Å². The van der Waals surface area contributed by atoms with Gasteiger partial charge >= 0.3 is 0 Å². The Labute approximate surface area is 121 Å². The SMILES string of the molecule is O=C(NCCN1C(=O)c2cccnc2C1=O)C1CCCO1. The zero-order valence-electron chi connectivity index (χ0n) is 11.4. The van der Waals surface area contributed by atoms with Gasteiger partial charge in [0.2, 0.25) is 5.91 Å². The molecular weight excluding hydrogens is 274 g/mol. The fourth-order valence-corrected chi connectivity index (χ4v) is 2.51. The van der Waals surface area contributed by atoms with Crippen molar-refractivity contribution < 1.29 is 19.1 Å². The maximum atomic E-state index is 12.1. The number of nitrogens with zero attached hydrogens (tertiary/aromatic N) is 2. The highest BCUT2D eigenvalue weighted by molar-refractivity contribution is 6.20. The molecule has 0 saturated carbocycles. The highest BCUT2D eigenvalue weighted by Gasteiger charge is 2.36. The van der Waals surface area contributed by atoms with E-state index in [2.05, 4.69) is 10.3 Å². The van der Waals surface area contributed by atoms with Crippen LogP contribution in [0.2, 0.25) is 0 Å². The van der Waals surface area contributed by atoms with Crippen LogP contribution in [0.4, 0.5) is 0 Å². The van der Waals surface area contributed by atoms with Gasteiger partial charge in [0, 0.05) is 25.9 Å². The van der Waals surface area contributed by atoms with Crippen molar-refractivity contribution in [2.75, 3.05) is 19.7 Å². The van der Waals surface area contributed by atoms with Crippen LogP contribution in [0, 0.1) is 0 Å². The van der Waals surface area contributed by atoms with E-state index in [9.17, 15) is 14.4 Å². The first kappa shape index (κ1) is 13.7. The minimum atomic E-state index is -0.415. The number of hydrogen-bond acceptors (Lipinski definition) is 5. The van der Waals surface area contributed by atoms with Gasteiger partial charge in [0.05, 0.1) is 5.56 Å². The van der Waals surface area contributed by atoms with Crippen molar-refractivity contribution in [1.82, 2.24) is 15.2 Å². The zero-order valence-corrected chi connectivity index (χ0v) is 11.4. The summed E-state index contributed by atoms with van der Waals surface area (Å²) >= 11 is 0. The summed E-state index contributed by atoms with van der Waals surface area (Å²) in [6.07, 6.45) is 2.66. The van der Waals surface area contributed by atoms with E-state index in [1.54, 1.807) is 12.1 Å². The topological polar surface area (TPSA) is 88.6 Å². The molecule has 3 heterocycles. The monoisotopic (exact) mass is 289 g/mol. The predicted molar refractivity (Wildman–Crippen MR) is 71.6 cm³/mol. The number of carbonyl (C=O) groups excluding carboxylic acids is 3. The lowest BCUT2D eigenvalue weighted by atomic mass is 10.2. The fourth-order valence-electron chi connectivity index (χ4n) is 2.51. The molecular formula is C14H15N3O4. The number of amides is 3. The molecule has 1 aromatic rings. The predicted octanol–water partition coefficient (Wildman–Crippen LogP) is -0.0272. The van der Waals surface area contributed by atoms with Crippen molar-refractivity contribution in [3.63, 3.8) is 0 Å². The highest BCUT2D eigenvalue weighted by Crippen LogP contribution is 2.19. The summed E-state index contributed by atoms with van der Waals surface area (Å²) in [5.74, 6) is -0.973. The van der Waals surface area contributed by atoms with Gasteiger partial charge in [-0.3, -0.25) is 24.3 Å². The molecule has 3 rings (SSSR count). The molecule has 21 heavy (non-hydrogen) atoms. The third-order valence-corrected chi connectivity index (χ3v) is 3.59. The summed E-state index contributed by atoms with van der Waals surface area (Å²) in [6, 6.07) is 3.19. The first-order chi connectivity index (χ1) is 10.2. The number of rotatable bonds is 4. The van der Waals surface area contributed by atoms with Gasteiger partial charge in [-0.25, -0.2) is 0 Å². The molecule has 1 N–H and O–H groups in total. The molecule has 7 nitrogen and oxygen atoms in total. The van der Waals surface area contributed by atoms with Crippen LogP contribution in [-0.2, 0) is 9.53 Å². The summed E-state index contributed by atoms with van der Waals surface area (Å²) in [6.45, 7) is 0.943. The van der Waals surface area contributed by atoms with Crippen molar-refractivity contribution in [3.8, 4) is 0 Å². The number of pyridine rings is 1. The number of nitrogens with one attached hydrogen (secondary N) is 1. The maximum Gasteiger partial charge on any atom is 0.280 e. The Kier molecular flexibility index (Phi) is 3.66. The van der Waals surface area contributed by atoms with E-state index >= 15 is 0 Å². The van der Waals surface area contributed by atoms with Crippen LogP contribution in [-0.4, -0.2) is 53.4 Å².